The van der Waals surface area contributed by atoms with Crippen molar-refractivity contribution in [3.8, 4) is 0 Å². The lowest BCUT2D eigenvalue weighted by Gasteiger charge is -2.23. The summed E-state index contributed by atoms with van der Waals surface area (Å²) >= 11 is 9.24. The molecule has 28 heavy (non-hydrogen) atoms. The Bertz CT molecular complexity index is 942. The highest BCUT2D eigenvalue weighted by molar-refractivity contribution is 7.99. The number of hydrogen-bond acceptors (Lipinski definition) is 5. The van der Waals surface area contributed by atoms with Crippen molar-refractivity contribution in [1.82, 2.24) is 4.98 Å². The normalized spacial score (nSPS) is 16.5. The van der Waals surface area contributed by atoms with Crippen molar-refractivity contribution in [1.29, 1.82) is 0 Å². The van der Waals surface area contributed by atoms with E-state index in [9.17, 15) is 4.79 Å². The van der Waals surface area contributed by atoms with Gasteiger partial charge < -0.3 is 4.74 Å². The van der Waals surface area contributed by atoms with Crippen LogP contribution in [0.15, 0.2) is 48.5 Å². The SMILES string of the molecule is O=C(CSCc1ccccc1)N(CC1CCCO1)c1nc2ccc(Cl)cc2s1. The van der Waals surface area contributed by atoms with E-state index in [4.69, 9.17) is 16.3 Å². The van der Waals surface area contributed by atoms with Gasteiger partial charge >= 0.3 is 0 Å². The maximum absolute atomic E-state index is 13.1. The quantitative estimate of drug-likeness (QED) is 0.501. The Morgan fingerprint density at radius 2 is 2.14 bits per heavy atom. The van der Waals surface area contributed by atoms with Crippen LogP contribution >= 0.6 is 34.7 Å². The molecule has 0 aliphatic carbocycles. The molecule has 1 aliphatic rings. The largest absolute Gasteiger partial charge is 0.376 e. The minimum atomic E-state index is 0.0709. The number of fused-ring (bicyclic) bond motifs is 1. The molecule has 0 N–H and O–H groups in total. The van der Waals surface area contributed by atoms with Crippen molar-refractivity contribution in [2.45, 2.75) is 24.7 Å². The van der Waals surface area contributed by atoms with Crippen LogP contribution in [0.3, 0.4) is 0 Å². The molecule has 1 unspecified atom stereocenters. The molecule has 7 heteroatoms. The van der Waals surface area contributed by atoms with Crippen LogP contribution in [-0.4, -0.2) is 35.9 Å². The lowest BCUT2D eigenvalue weighted by atomic mass is 10.2. The number of benzene rings is 2. The molecule has 0 spiro atoms. The molecule has 3 aromatic rings. The van der Waals surface area contributed by atoms with Crippen molar-refractivity contribution in [2.24, 2.45) is 0 Å². The molecule has 4 nitrogen and oxygen atoms in total. The summed E-state index contributed by atoms with van der Waals surface area (Å²) in [5, 5.41) is 1.40. The van der Waals surface area contributed by atoms with Crippen LogP contribution in [0.5, 0.6) is 0 Å². The maximum atomic E-state index is 13.1. The van der Waals surface area contributed by atoms with Gasteiger partial charge in [-0.3, -0.25) is 9.69 Å². The van der Waals surface area contributed by atoms with E-state index in [-0.39, 0.29) is 12.0 Å². The van der Waals surface area contributed by atoms with Crippen LogP contribution in [0.1, 0.15) is 18.4 Å². The van der Waals surface area contributed by atoms with Gasteiger partial charge in [0.15, 0.2) is 5.13 Å². The summed E-state index contributed by atoms with van der Waals surface area (Å²) in [4.78, 5) is 19.5. The van der Waals surface area contributed by atoms with E-state index in [0.717, 1.165) is 40.5 Å². The Labute approximate surface area is 177 Å². The lowest BCUT2D eigenvalue weighted by molar-refractivity contribution is -0.116. The van der Waals surface area contributed by atoms with Crippen LogP contribution in [0, 0.1) is 0 Å². The summed E-state index contributed by atoms with van der Waals surface area (Å²) in [6, 6.07) is 15.8. The smallest absolute Gasteiger partial charge is 0.238 e. The minimum absolute atomic E-state index is 0.0709. The number of nitrogens with zero attached hydrogens (tertiary/aromatic N) is 2. The Hall–Kier alpha value is -1.60. The molecule has 1 atom stereocenters. The van der Waals surface area contributed by atoms with Gasteiger partial charge in [0.05, 0.1) is 28.6 Å². The monoisotopic (exact) mass is 432 g/mol. The number of rotatable bonds is 7. The molecule has 1 amide bonds. The van der Waals surface area contributed by atoms with Gasteiger partial charge in [-0.1, -0.05) is 53.3 Å². The predicted molar refractivity (Wildman–Crippen MR) is 119 cm³/mol. The molecular weight excluding hydrogens is 412 g/mol. The Morgan fingerprint density at radius 3 is 2.93 bits per heavy atom. The van der Waals surface area contributed by atoms with Crippen LogP contribution in [0.4, 0.5) is 5.13 Å². The Kier molecular flexibility index (Phi) is 6.52. The van der Waals surface area contributed by atoms with E-state index in [2.05, 4.69) is 17.1 Å². The van der Waals surface area contributed by atoms with Crippen molar-refractivity contribution in [2.75, 3.05) is 23.8 Å². The second kappa shape index (κ2) is 9.27. The Balaban J connectivity index is 1.49. The van der Waals surface area contributed by atoms with Gasteiger partial charge in [-0.2, -0.15) is 0 Å². The number of thiazole rings is 1. The van der Waals surface area contributed by atoms with Crippen molar-refractivity contribution in [3.05, 3.63) is 59.1 Å². The fraction of sp³-hybridized carbons (Fsp3) is 0.333. The second-order valence-electron chi connectivity index (χ2n) is 6.73. The predicted octanol–water partition coefficient (Wildman–Crippen LogP) is 5.40. The van der Waals surface area contributed by atoms with E-state index in [0.29, 0.717) is 17.3 Å². The van der Waals surface area contributed by atoms with Gasteiger partial charge in [-0.15, -0.1) is 11.8 Å². The minimum Gasteiger partial charge on any atom is -0.376 e. The molecule has 1 aromatic heterocycles. The summed E-state index contributed by atoms with van der Waals surface area (Å²) < 4.78 is 6.77. The summed E-state index contributed by atoms with van der Waals surface area (Å²) in [6.45, 7) is 1.32. The molecule has 2 heterocycles. The highest BCUT2D eigenvalue weighted by Crippen LogP contribution is 2.32. The summed E-state index contributed by atoms with van der Waals surface area (Å²) in [5.41, 5.74) is 2.09. The fourth-order valence-corrected chi connectivity index (χ4v) is 5.32. The summed E-state index contributed by atoms with van der Waals surface area (Å²) in [7, 11) is 0. The number of anilines is 1. The number of thioether (sulfide) groups is 1. The highest BCUT2D eigenvalue weighted by atomic mass is 35.5. The van der Waals surface area contributed by atoms with Crippen molar-refractivity contribution >= 4 is 56.0 Å². The van der Waals surface area contributed by atoms with E-state index in [1.165, 1.54) is 16.9 Å². The first-order chi connectivity index (χ1) is 13.7. The second-order valence-corrected chi connectivity index (χ2v) is 9.16. The number of carbonyl (C=O) groups excluding carboxylic acids is 1. The Morgan fingerprint density at radius 1 is 1.29 bits per heavy atom. The molecule has 1 saturated heterocycles. The van der Waals surface area contributed by atoms with Crippen LogP contribution in [0.25, 0.3) is 10.2 Å². The van der Waals surface area contributed by atoms with E-state index in [1.807, 2.05) is 36.4 Å². The zero-order valence-corrected chi connectivity index (χ0v) is 17.7. The average molecular weight is 433 g/mol. The third-order valence-electron chi connectivity index (χ3n) is 4.62. The van der Waals surface area contributed by atoms with Gasteiger partial charge in [-0.05, 0) is 36.6 Å². The van der Waals surface area contributed by atoms with E-state index < -0.39 is 0 Å². The number of ether oxygens (including phenoxy) is 1. The molecule has 0 radical (unpaired) electrons. The molecule has 1 fully saturated rings. The molecule has 0 bridgehead atoms. The highest BCUT2D eigenvalue weighted by Gasteiger charge is 2.26. The summed E-state index contributed by atoms with van der Waals surface area (Å²) in [5.74, 6) is 1.30. The topological polar surface area (TPSA) is 42.4 Å². The number of aromatic nitrogens is 1. The van der Waals surface area contributed by atoms with E-state index >= 15 is 0 Å². The third-order valence-corrected chi connectivity index (χ3v) is 6.88. The third kappa shape index (κ3) is 4.87. The lowest BCUT2D eigenvalue weighted by Crippen LogP contribution is -2.38. The fourth-order valence-electron chi connectivity index (χ4n) is 3.19. The van der Waals surface area contributed by atoms with Gasteiger partial charge in [0.1, 0.15) is 0 Å². The van der Waals surface area contributed by atoms with Crippen LogP contribution < -0.4 is 4.90 Å². The molecule has 0 saturated carbocycles. The van der Waals surface area contributed by atoms with Crippen LogP contribution in [-0.2, 0) is 15.3 Å². The molecular formula is C21H21ClN2O2S2. The first-order valence-corrected chi connectivity index (χ1v) is 11.6. The average Bonchev–Trinajstić information content (AvgIpc) is 3.36. The van der Waals surface area contributed by atoms with Gasteiger partial charge in [-0.25, -0.2) is 4.98 Å². The van der Waals surface area contributed by atoms with Gasteiger partial charge in [0, 0.05) is 17.4 Å². The first-order valence-electron chi connectivity index (χ1n) is 9.29. The standard InChI is InChI=1S/C21H21ClN2O2S2/c22-16-8-9-18-19(11-16)28-21(23-18)24(12-17-7-4-10-26-17)20(25)14-27-13-15-5-2-1-3-6-15/h1-3,5-6,8-9,11,17H,4,7,10,12-14H2. The van der Waals surface area contributed by atoms with E-state index in [1.54, 1.807) is 16.7 Å². The van der Waals surface area contributed by atoms with Crippen LogP contribution in [0.2, 0.25) is 5.02 Å². The number of halogens is 1. The zero-order valence-electron chi connectivity index (χ0n) is 15.3. The zero-order chi connectivity index (χ0) is 19.3. The molecule has 2 aromatic carbocycles. The summed E-state index contributed by atoms with van der Waals surface area (Å²) in [6.07, 6.45) is 2.11. The number of carbonyl (C=O) groups is 1. The van der Waals surface area contributed by atoms with Crippen molar-refractivity contribution < 1.29 is 9.53 Å². The molecule has 146 valence electrons. The molecule has 1 aliphatic heterocycles. The number of hydrogen-bond donors (Lipinski definition) is 0. The molecule has 4 rings (SSSR count). The first kappa shape index (κ1) is 19.7. The van der Waals surface area contributed by atoms with Crippen molar-refractivity contribution in [3.63, 3.8) is 0 Å². The van der Waals surface area contributed by atoms with Gasteiger partial charge in [0.25, 0.3) is 0 Å². The maximum Gasteiger partial charge on any atom is 0.238 e. The van der Waals surface area contributed by atoms with Gasteiger partial charge in [0.2, 0.25) is 5.91 Å². The number of amides is 1.